The van der Waals surface area contributed by atoms with Crippen molar-refractivity contribution in [3.8, 4) is 0 Å². The normalized spacial score (nSPS) is 30.8. The number of amides is 4. The van der Waals surface area contributed by atoms with E-state index in [9.17, 15) is 19.2 Å². The second-order valence-electron chi connectivity index (χ2n) is 6.73. The average molecular weight is 344 g/mol. The molecule has 3 fully saturated rings. The molecule has 132 valence electrons. The Morgan fingerprint density at radius 1 is 1.00 bits per heavy atom. The van der Waals surface area contributed by atoms with Crippen molar-refractivity contribution in [2.45, 2.75) is 31.3 Å². The summed E-state index contributed by atoms with van der Waals surface area (Å²) >= 11 is 0. The van der Waals surface area contributed by atoms with E-state index in [1.54, 1.807) is 0 Å². The molecular formula is C17H20N4O4. The Kier molecular flexibility index (Phi) is 4.01. The maximum atomic E-state index is 12.8. The van der Waals surface area contributed by atoms with E-state index in [2.05, 4.69) is 15.5 Å². The Balaban J connectivity index is 1.58. The van der Waals surface area contributed by atoms with Gasteiger partial charge >= 0.3 is 0 Å². The molecule has 3 saturated heterocycles. The molecule has 8 heteroatoms. The van der Waals surface area contributed by atoms with Gasteiger partial charge in [0.2, 0.25) is 11.8 Å². The molecule has 25 heavy (non-hydrogen) atoms. The summed E-state index contributed by atoms with van der Waals surface area (Å²) < 4.78 is 0. The zero-order valence-electron chi connectivity index (χ0n) is 13.8. The monoisotopic (exact) mass is 344 g/mol. The number of nitrogens with zero attached hydrogens (tertiary/aromatic N) is 2. The quantitative estimate of drug-likeness (QED) is 0.604. The first-order chi connectivity index (χ1) is 12.1. The van der Waals surface area contributed by atoms with Gasteiger partial charge in [-0.25, -0.2) is 0 Å². The third-order valence-electron chi connectivity index (χ3n) is 5.25. The van der Waals surface area contributed by atoms with Gasteiger partial charge in [-0.2, -0.15) is 0 Å². The molecule has 2 atom stereocenters. The highest BCUT2D eigenvalue weighted by atomic mass is 16.2. The fourth-order valence-corrected chi connectivity index (χ4v) is 3.92. The molecule has 4 aliphatic rings. The number of hydrogen-bond acceptors (Lipinski definition) is 6. The van der Waals surface area contributed by atoms with Crippen LogP contribution in [0.15, 0.2) is 23.3 Å². The average Bonchev–Trinajstić information content (AvgIpc) is 2.87. The third kappa shape index (κ3) is 2.71. The summed E-state index contributed by atoms with van der Waals surface area (Å²) in [5.74, 6) is -1.79. The maximum Gasteiger partial charge on any atom is 0.262 e. The molecule has 0 bridgehead atoms. The fourth-order valence-electron chi connectivity index (χ4n) is 3.92. The van der Waals surface area contributed by atoms with Gasteiger partial charge in [-0.3, -0.25) is 34.3 Å². The number of rotatable bonds is 2. The van der Waals surface area contributed by atoms with Crippen molar-refractivity contribution in [3.05, 3.63) is 23.3 Å². The van der Waals surface area contributed by atoms with Crippen molar-refractivity contribution < 1.29 is 19.2 Å². The standard InChI is InChI=1S/C17H20N4O4/c22-14-4-3-13(15(23)19-14)21-16(24)11-2-1-10(9-12(11)17(21)25)20-7-5-18-6-8-20/h2,9-10,13,18H,1,3-8H2,(H,19,22,23). The van der Waals surface area contributed by atoms with Gasteiger partial charge in [0.25, 0.3) is 11.8 Å². The summed E-state index contributed by atoms with van der Waals surface area (Å²) in [6, 6.07) is -0.804. The molecule has 0 saturated carbocycles. The Hall–Kier alpha value is -2.32. The van der Waals surface area contributed by atoms with E-state index >= 15 is 0 Å². The molecular weight excluding hydrogens is 324 g/mol. The highest BCUT2D eigenvalue weighted by molar-refractivity contribution is 6.26. The Morgan fingerprint density at radius 3 is 2.44 bits per heavy atom. The van der Waals surface area contributed by atoms with Crippen LogP contribution in [-0.2, 0) is 19.2 Å². The largest absolute Gasteiger partial charge is 0.314 e. The summed E-state index contributed by atoms with van der Waals surface area (Å²) in [4.78, 5) is 52.2. The van der Waals surface area contributed by atoms with E-state index in [0.29, 0.717) is 17.6 Å². The molecule has 4 rings (SSSR count). The second kappa shape index (κ2) is 6.20. The van der Waals surface area contributed by atoms with E-state index in [1.165, 1.54) is 0 Å². The molecule has 3 heterocycles. The highest BCUT2D eigenvalue weighted by Gasteiger charge is 2.47. The lowest BCUT2D eigenvalue weighted by Crippen LogP contribution is -2.54. The summed E-state index contributed by atoms with van der Waals surface area (Å²) in [7, 11) is 0. The molecule has 0 aromatic carbocycles. The van der Waals surface area contributed by atoms with E-state index in [4.69, 9.17) is 0 Å². The van der Waals surface area contributed by atoms with Crippen molar-refractivity contribution in [1.82, 2.24) is 20.4 Å². The molecule has 0 aromatic rings. The summed E-state index contributed by atoms with van der Waals surface area (Å²) in [6.45, 7) is 3.62. The van der Waals surface area contributed by atoms with E-state index in [-0.39, 0.29) is 24.8 Å². The molecule has 0 aromatic heterocycles. The van der Waals surface area contributed by atoms with E-state index < -0.39 is 23.8 Å². The first-order valence-corrected chi connectivity index (χ1v) is 8.65. The maximum absolute atomic E-state index is 12.8. The summed E-state index contributed by atoms with van der Waals surface area (Å²) in [5, 5.41) is 5.51. The smallest absolute Gasteiger partial charge is 0.262 e. The number of imide groups is 2. The lowest BCUT2D eigenvalue weighted by atomic mass is 9.95. The first-order valence-electron chi connectivity index (χ1n) is 8.65. The van der Waals surface area contributed by atoms with Gasteiger partial charge in [-0.15, -0.1) is 0 Å². The lowest BCUT2D eigenvalue weighted by Gasteiger charge is -2.34. The Bertz CT molecular complexity index is 720. The molecule has 1 aliphatic carbocycles. The van der Waals surface area contributed by atoms with Crippen molar-refractivity contribution in [2.75, 3.05) is 26.2 Å². The number of piperazine rings is 1. The van der Waals surface area contributed by atoms with Gasteiger partial charge in [0.1, 0.15) is 6.04 Å². The van der Waals surface area contributed by atoms with Gasteiger partial charge in [0.05, 0.1) is 5.57 Å². The predicted octanol–water partition coefficient (Wildman–Crippen LogP) is -1.31. The van der Waals surface area contributed by atoms with Crippen molar-refractivity contribution in [3.63, 3.8) is 0 Å². The van der Waals surface area contributed by atoms with Crippen LogP contribution in [0.3, 0.4) is 0 Å². The van der Waals surface area contributed by atoms with Crippen LogP contribution in [0.25, 0.3) is 0 Å². The van der Waals surface area contributed by atoms with Gasteiger partial charge in [-0.05, 0) is 12.8 Å². The number of carbonyl (C=O) groups excluding carboxylic acids is 4. The number of nitrogens with one attached hydrogen (secondary N) is 2. The van der Waals surface area contributed by atoms with Crippen molar-refractivity contribution in [2.24, 2.45) is 0 Å². The van der Waals surface area contributed by atoms with Crippen LogP contribution in [0.5, 0.6) is 0 Å². The van der Waals surface area contributed by atoms with Gasteiger partial charge in [0.15, 0.2) is 0 Å². The summed E-state index contributed by atoms with van der Waals surface area (Å²) in [6.07, 6.45) is 4.68. The summed E-state index contributed by atoms with van der Waals surface area (Å²) in [5.41, 5.74) is 0.783. The van der Waals surface area contributed by atoms with Crippen LogP contribution in [0.4, 0.5) is 0 Å². The number of carbonyl (C=O) groups is 4. The minimum Gasteiger partial charge on any atom is -0.314 e. The third-order valence-corrected chi connectivity index (χ3v) is 5.25. The zero-order valence-corrected chi connectivity index (χ0v) is 13.8. The molecule has 0 spiro atoms. The van der Waals surface area contributed by atoms with E-state index in [1.807, 2.05) is 12.2 Å². The zero-order chi connectivity index (χ0) is 17.6. The Labute approximate surface area is 144 Å². The minimum atomic E-state index is -0.900. The highest BCUT2D eigenvalue weighted by Crippen LogP contribution is 2.33. The number of hydrogen-bond donors (Lipinski definition) is 2. The van der Waals surface area contributed by atoms with Crippen LogP contribution in [-0.4, -0.2) is 71.7 Å². The van der Waals surface area contributed by atoms with Crippen LogP contribution in [0.2, 0.25) is 0 Å². The van der Waals surface area contributed by atoms with E-state index in [0.717, 1.165) is 31.1 Å². The Morgan fingerprint density at radius 2 is 1.72 bits per heavy atom. The second-order valence-corrected chi connectivity index (χ2v) is 6.73. The van der Waals surface area contributed by atoms with Crippen molar-refractivity contribution in [1.29, 1.82) is 0 Å². The number of piperidine rings is 1. The van der Waals surface area contributed by atoms with Gasteiger partial charge in [-0.1, -0.05) is 12.2 Å². The molecule has 0 radical (unpaired) electrons. The van der Waals surface area contributed by atoms with Crippen LogP contribution < -0.4 is 10.6 Å². The molecule has 3 aliphatic heterocycles. The molecule has 2 N–H and O–H groups in total. The number of likely N-dealkylation sites (tertiary alicyclic amines) is 1. The fraction of sp³-hybridized carbons (Fsp3) is 0.529. The minimum absolute atomic E-state index is 0.0966. The van der Waals surface area contributed by atoms with Crippen LogP contribution >= 0.6 is 0 Å². The SMILES string of the molecule is O=C1CCC(N2C(=O)C3=CCC(N4CCNCC4)C=C3C2=O)C(=O)N1. The van der Waals surface area contributed by atoms with Gasteiger partial charge < -0.3 is 5.32 Å². The van der Waals surface area contributed by atoms with Gasteiger partial charge in [0, 0.05) is 44.2 Å². The number of fused-ring (bicyclic) bond motifs is 1. The predicted molar refractivity (Wildman–Crippen MR) is 87.0 cm³/mol. The first kappa shape index (κ1) is 16.2. The van der Waals surface area contributed by atoms with Crippen molar-refractivity contribution >= 4 is 23.6 Å². The lowest BCUT2D eigenvalue weighted by molar-refractivity contribution is -0.149. The topological polar surface area (TPSA) is 98.8 Å². The molecule has 8 nitrogen and oxygen atoms in total. The molecule has 2 unspecified atom stereocenters. The van der Waals surface area contributed by atoms with Crippen LogP contribution in [0, 0.1) is 0 Å². The van der Waals surface area contributed by atoms with Crippen LogP contribution in [0.1, 0.15) is 19.3 Å². The molecule has 4 amide bonds.